The minimum absolute atomic E-state index is 0.0947. The van der Waals surface area contributed by atoms with Crippen molar-refractivity contribution < 1.29 is 23.4 Å². The van der Waals surface area contributed by atoms with Gasteiger partial charge in [0.05, 0.1) is 42.3 Å². The maximum absolute atomic E-state index is 13.5. The van der Waals surface area contributed by atoms with Crippen molar-refractivity contribution in [2.75, 3.05) is 19.8 Å². The van der Waals surface area contributed by atoms with Crippen LogP contribution in [0.25, 0.3) is 22.6 Å². The molecule has 4 rings (SSSR count). The molecule has 1 saturated heterocycles. The van der Waals surface area contributed by atoms with Crippen LogP contribution in [-0.2, 0) is 14.3 Å². The van der Waals surface area contributed by atoms with Crippen LogP contribution < -0.4 is 10.5 Å². The van der Waals surface area contributed by atoms with E-state index in [1.165, 1.54) is 12.1 Å². The predicted molar refractivity (Wildman–Crippen MR) is 113 cm³/mol. The van der Waals surface area contributed by atoms with Crippen LogP contribution in [0.15, 0.2) is 36.5 Å². The molecule has 0 bridgehead atoms. The third-order valence-electron chi connectivity index (χ3n) is 5.09. The molecule has 168 valence electrons. The Kier molecular flexibility index (Phi) is 6.15. The number of rotatable bonds is 7. The average molecular weight is 441 g/mol. The predicted octanol–water partition coefficient (Wildman–Crippen LogP) is 3.00. The van der Waals surface area contributed by atoms with Crippen molar-refractivity contribution in [1.82, 2.24) is 19.9 Å². The fourth-order valence-electron chi connectivity index (χ4n) is 3.16. The van der Waals surface area contributed by atoms with E-state index >= 15 is 0 Å². The van der Waals surface area contributed by atoms with E-state index in [1.807, 2.05) is 6.92 Å². The molecule has 10 heteroatoms. The van der Waals surface area contributed by atoms with Crippen LogP contribution in [0.1, 0.15) is 32.4 Å². The third-order valence-corrected chi connectivity index (χ3v) is 5.09. The van der Waals surface area contributed by atoms with E-state index in [2.05, 4.69) is 19.9 Å². The molecule has 32 heavy (non-hydrogen) atoms. The highest BCUT2D eigenvalue weighted by Crippen LogP contribution is 2.35. The number of nitrogens with two attached hydrogens (primary N) is 1. The lowest BCUT2D eigenvalue weighted by molar-refractivity contribution is -0.230. The van der Waals surface area contributed by atoms with Crippen molar-refractivity contribution in [2.45, 2.75) is 26.6 Å². The van der Waals surface area contributed by atoms with Crippen molar-refractivity contribution in [3.05, 3.63) is 48.2 Å². The summed E-state index contributed by atoms with van der Waals surface area (Å²) in [5.41, 5.74) is 6.87. The summed E-state index contributed by atoms with van der Waals surface area (Å²) in [5.74, 6) is -0.461. The highest BCUT2D eigenvalue weighted by molar-refractivity contribution is 5.81. The zero-order valence-electron chi connectivity index (χ0n) is 17.8. The number of ether oxygens (including phenoxy) is 3. The normalized spacial score (nSPS) is 20.8. The van der Waals surface area contributed by atoms with Gasteiger partial charge in [-0.3, -0.25) is 4.79 Å². The molecule has 1 amide bonds. The minimum atomic E-state index is -0.913. The Morgan fingerprint density at radius 2 is 1.97 bits per heavy atom. The van der Waals surface area contributed by atoms with Gasteiger partial charge >= 0.3 is 6.01 Å². The highest BCUT2D eigenvalue weighted by atomic mass is 19.1. The van der Waals surface area contributed by atoms with Gasteiger partial charge in [0.1, 0.15) is 5.82 Å². The smallest absolute Gasteiger partial charge is 0.316 e. The fraction of sp³-hybridized carbons (Fsp3) is 0.364. The Balaban J connectivity index is 1.70. The molecule has 0 radical (unpaired) electrons. The van der Waals surface area contributed by atoms with Crippen molar-refractivity contribution in [1.29, 1.82) is 0 Å². The molecule has 0 saturated carbocycles. The van der Waals surface area contributed by atoms with Gasteiger partial charge < -0.3 is 24.9 Å². The van der Waals surface area contributed by atoms with E-state index in [4.69, 9.17) is 19.9 Å². The van der Waals surface area contributed by atoms with E-state index in [9.17, 15) is 9.18 Å². The quantitative estimate of drug-likeness (QED) is 0.577. The topological polar surface area (TPSA) is 125 Å². The molecule has 9 nitrogen and oxygen atoms in total. The first-order valence-electron chi connectivity index (χ1n) is 10.2. The van der Waals surface area contributed by atoms with Gasteiger partial charge in [0, 0.05) is 11.8 Å². The zero-order valence-corrected chi connectivity index (χ0v) is 17.8. The van der Waals surface area contributed by atoms with Crippen LogP contribution in [0, 0.1) is 11.2 Å². The number of nitrogens with zero attached hydrogens (tertiary/aromatic N) is 3. The van der Waals surface area contributed by atoms with Crippen molar-refractivity contribution in [3.63, 3.8) is 0 Å². The monoisotopic (exact) mass is 441 g/mol. The van der Waals surface area contributed by atoms with Crippen LogP contribution >= 0.6 is 0 Å². The number of hydrogen-bond donors (Lipinski definition) is 2. The maximum Gasteiger partial charge on any atom is 0.316 e. The second-order valence-corrected chi connectivity index (χ2v) is 7.80. The number of aromatic nitrogens is 4. The van der Waals surface area contributed by atoms with E-state index in [1.54, 1.807) is 31.3 Å². The summed E-state index contributed by atoms with van der Waals surface area (Å²) in [6.45, 7) is 4.35. The molecule has 0 spiro atoms. The van der Waals surface area contributed by atoms with Gasteiger partial charge in [-0.25, -0.2) is 14.4 Å². The first-order chi connectivity index (χ1) is 15.4. The number of hydrogen-bond acceptors (Lipinski definition) is 7. The molecule has 1 aliphatic heterocycles. The van der Waals surface area contributed by atoms with Crippen LogP contribution in [0.4, 0.5) is 4.39 Å². The van der Waals surface area contributed by atoms with E-state index in [0.29, 0.717) is 35.1 Å². The second kappa shape index (κ2) is 9.01. The van der Waals surface area contributed by atoms with E-state index in [-0.39, 0.29) is 25.0 Å². The van der Waals surface area contributed by atoms with Gasteiger partial charge in [-0.1, -0.05) is 6.92 Å². The van der Waals surface area contributed by atoms with Crippen LogP contribution in [0.2, 0.25) is 0 Å². The lowest BCUT2D eigenvalue weighted by Gasteiger charge is -2.34. The number of H-pyrrole nitrogens is 1. The number of carbonyl (C=O) groups is 1. The molecule has 0 atom stereocenters. The number of benzene rings is 1. The van der Waals surface area contributed by atoms with Gasteiger partial charge in [0.25, 0.3) is 0 Å². The Labute approximate surface area is 184 Å². The summed E-state index contributed by atoms with van der Waals surface area (Å²) in [7, 11) is 0. The SMILES string of the molecule is CCCOc1nccc(-c2[nH]c(C3OCC(C)(C(N)=O)CO3)nc2-c2ccc(F)cc2)n1. The molecular weight excluding hydrogens is 417 g/mol. The minimum Gasteiger partial charge on any atom is -0.463 e. The molecule has 0 aliphatic carbocycles. The molecule has 3 aromatic rings. The standard InChI is InChI=1S/C22H24FN5O4/c1-3-10-30-21-25-9-8-15(26-21)17-16(13-4-6-14(23)7-5-13)27-18(28-17)19-31-11-22(2,12-32-19)20(24)29/h4-9,19H,3,10-12H2,1-2H3,(H2,24,29)(H,27,28). The first kappa shape index (κ1) is 21.8. The number of primary amides is 1. The lowest BCUT2D eigenvalue weighted by Crippen LogP contribution is -2.46. The number of amides is 1. The fourth-order valence-corrected chi connectivity index (χ4v) is 3.16. The molecule has 0 unspecified atom stereocenters. The third kappa shape index (κ3) is 4.46. The summed E-state index contributed by atoms with van der Waals surface area (Å²) >= 11 is 0. The molecule has 3 heterocycles. The Hall–Kier alpha value is -3.37. The molecule has 1 aromatic carbocycles. The molecule has 1 aliphatic rings. The maximum atomic E-state index is 13.5. The van der Waals surface area contributed by atoms with Crippen LogP contribution in [-0.4, -0.2) is 45.7 Å². The molecule has 1 fully saturated rings. The highest BCUT2D eigenvalue weighted by Gasteiger charge is 2.39. The number of halogens is 1. The summed E-state index contributed by atoms with van der Waals surface area (Å²) in [4.78, 5) is 28.1. The Morgan fingerprint density at radius 1 is 1.25 bits per heavy atom. The second-order valence-electron chi connectivity index (χ2n) is 7.80. The van der Waals surface area contributed by atoms with Gasteiger partial charge in [0.2, 0.25) is 12.2 Å². The van der Waals surface area contributed by atoms with E-state index < -0.39 is 17.6 Å². The van der Waals surface area contributed by atoms with Crippen LogP contribution in [0.3, 0.4) is 0 Å². The van der Waals surface area contributed by atoms with Crippen LogP contribution in [0.5, 0.6) is 6.01 Å². The lowest BCUT2D eigenvalue weighted by atomic mass is 9.91. The summed E-state index contributed by atoms with van der Waals surface area (Å²) in [6.07, 6.45) is 1.59. The molecule has 3 N–H and O–H groups in total. The number of aromatic amines is 1. The van der Waals surface area contributed by atoms with Crippen molar-refractivity contribution >= 4 is 5.91 Å². The van der Waals surface area contributed by atoms with Gasteiger partial charge in [0.15, 0.2) is 5.82 Å². The Bertz CT molecular complexity index is 1090. The Morgan fingerprint density at radius 3 is 2.62 bits per heavy atom. The summed E-state index contributed by atoms with van der Waals surface area (Å²) < 4.78 is 30.5. The summed E-state index contributed by atoms with van der Waals surface area (Å²) in [6, 6.07) is 7.93. The number of imidazole rings is 1. The van der Waals surface area contributed by atoms with Gasteiger partial charge in [-0.15, -0.1) is 0 Å². The van der Waals surface area contributed by atoms with Gasteiger partial charge in [-0.05, 0) is 43.7 Å². The molecular formula is C22H24FN5O4. The summed E-state index contributed by atoms with van der Waals surface area (Å²) in [5, 5.41) is 0. The van der Waals surface area contributed by atoms with Crippen molar-refractivity contribution in [2.24, 2.45) is 11.1 Å². The number of nitrogens with one attached hydrogen (secondary N) is 1. The first-order valence-corrected chi connectivity index (χ1v) is 10.2. The van der Waals surface area contributed by atoms with Crippen molar-refractivity contribution in [3.8, 4) is 28.7 Å². The van der Waals surface area contributed by atoms with E-state index in [0.717, 1.165) is 6.42 Å². The number of carbonyl (C=O) groups excluding carboxylic acids is 1. The largest absolute Gasteiger partial charge is 0.463 e. The zero-order chi connectivity index (χ0) is 22.7. The van der Waals surface area contributed by atoms with Gasteiger partial charge in [-0.2, -0.15) is 4.98 Å². The average Bonchev–Trinajstić information content (AvgIpc) is 3.24. The molecule has 2 aromatic heterocycles.